The van der Waals surface area contributed by atoms with Crippen molar-refractivity contribution in [2.24, 2.45) is 0 Å². The predicted octanol–water partition coefficient (Wildman–Crippen LogP) is 4.33. The van der Waals surface area contributed by atoms with Gasteiger partial charge in [-0.15, -0.1) is 5.10 Å². The summed E-state index contributed by atoms with van der Waals surface area (Å²) in [6, 6.07) is 14.0. The molecule has 0 aliphatic heterocycles. The molecule has 24 heavy (non-hydrogen) atoms. The number of ketones is 1. The van der Waals surface area contributed by atoms with Crippen LogP contribution in [0.25, 0.3) is 5.69 Å². The number of Topliss-reactive ketones (excluding diaryl/α,β-unsaturated/α-hetero) is 1. The molecule has 3 aromatic rings. The van der Waals surface area contributed by atoms with Crippen molar-refractivity contribution >= 4 is 40.7 Å². The minimum atomic E-state index is -0.361. The van der Waals surface area contributed by atoms with E-state index in [0.29, 0.717) is 20.8 Å². The summed E-state index contributed by atoms with van der Waals surface area (Å²) in [6.07, 6.45) is 0. The van der Waals surface area contributed by atoms with Crippen LogP contribution in [-0.2, 0) is 0 Å². The first kappa shape index (κ1) is 17.0. The lowest BCUT2D eigenvalue weighted by molar-refractivity contribution is 0.0994. The normalized spacial score (nSPS) is 12.1. The maximum absolute atomic E-state index is 12.5. The molecule has 1 aromatic heterocycles. The SMILES string of the molecule is CC(Sc1nnnn1-c1ccc(Cl)cc1)C(=O)c1cccc(Cl)c1. The summed E-state index contributed by atoms with van der Waals surface area (Å²) < 4.78 is 1.57. The number of carbonyl (C=O) groups is 1. The molecular weight excluding hydrogens is 367 g/mol. The lowest BCUT2D eigenvalue weighted by Gasteiger charge is -2.10. The van der Waals surface area contributed by atoms with Gasteiger partial charge in [-0.2, -0.15) is 4.68 Å². The van der Waals surface area contributed by atoms with E-state index in [1.165, 1.54) is 11.8 Å². The zero-order chi connectivity index (χ0) is 17.1. The Bertz CT molecular complexity index is 867. The highest BCUT2D eigenvalue weighted by atomic mass is 35.5. The van der Waals surface area contributed by atoms with E-state index in [4.69, 9.17) is 23.2 Å². The molecule has 0 fully saturated rings. The van der Waals surface area contributed by atoms with E-state index >= 15 is 0 Å². The van der Waals surface area contributed by atoms with Crippen LogP contribution in [0.2, 0.25) is 10.0 Å². The van der Waals surface area contributed by atoms with Crippen LogP contribution in [0.5, 0.6) is 0 Å². The Labute approximate surface area is 153 Å². The molecule has 2 aromatic carbocycles. The van der Waals surface area contributed by atoms with Crippen LogP contribution >= 0.6 is 35.0 Å². The lowest BCUT2D eigenvalue weighted by atomic mass is 10.1. The molecule has 0 radical (unpaired) electrons. The molecular formula is C16H12Cl2N4OS. The van der Waals surface area contributed by atoms with Gasteiger partial charge >= 0.3 is 0 Å². The largest absolute Gasteiger partial charge is 0.293 e. The van der Waals surface area contributed by atoms with E-state index in [9.17, 15) is 4.79 Å². The summed E-state index contributed by atoms with van der Waals surface area (Å²) in [5.74, 6) is -0.0341. The smallest absolute Gasteiger partial charge is 0.214 e. The Morgan fingerprint density at radius 1 is 1.12 bits per heavy atom. The van der Waals surface area contributed by atoms with Gasteiger partial charge in [0.1, 0.15) is 0 Å². The number of halogens is 2. The second-order valence-electron chi connectivity index (χ2n) is 4.98. The van der Waals surface area contributed by atoms with Gasteiger partial charge in [0.25, 0.3) is 0 Å². The molecule has 1 heterocycles. The zero-order valence-electron chi connectivity index (χ0n) is 12.6. The average Bonchev–Trinajstić information content (AvgIpc) is 3.03. The van der Waals surface area contributed by atoms with Crippen LogP contribution in [0.3, 0.4) is 0 Å². The molecule has 0 amide bonds. The molecule has 0 aliphatic carbocycles. The molecule has 0 saturated carbocycles. The summed E-state index contributed by atoms with van der Waals surface area (Å²) in [4.78, 5) is 12.5. The molecule has 122 valence electrons. The van der Waals surface area contributed by atoms with Gasteiger partial charge in [0.15, 0.2) is 5.78 Å². The van der Waals surface area contributed by atoms with Gasteiger partial charge < -0.3 is 0 Å². The summed E-state index contributed by atoms with van der Waals surface area (Å²) in [6.45, 7) is 1.81. The summed E-state index contributed by atoms with van der Waals surface area (Å²) in [5.41, 5.74) is 1.34. The van der Waals surface area contributed by atoms with Gasteiger partial charge in [0.05, 0.1) is 10.9 Å². The minimum absolute atomic E-state index is 0.0341. The first-order chi connectivity index (χ1) is 11.5. The van der Waals surface area contributed by atoms with E-state index in [2.05, 4.69) is 15.5 Å². The second-order valence-corrected chi connectivity index (χ2v) is 7.17. The summed E-state index contributed by atoms with van der Waals surface area (Å²) >= 11 is 13.1. The van der Waals surface area contributed by atoms with E-state index in [0.717, 1.165) is 5.69 Å². The number of rotatable bonds is 5. The number of benzene rings is 2. The summed E-state index contributed by atoms with van der Waals surface area (Å²) in [7, 11) is 0. The molecule has 0 saturated heterocycles. The molecule has 3 rings (SSSR count). The fourth-order valence-corrected chi connectivity index (χ4v) is 3.29. The molecule has 8 heteroatoms. The van der Waals surface area contributed by atoms with Crippen LogP contribution in [0.4, 0.5) is 0 Å². The Kier molecular flexibility index (Phi) is 5.18. The van der Waals surface area contributed by atoms with Crippen molar-refractivity contribution in [1.29, 1.82) is 0 Å². The predicted molar refractivity (Wildman–Crippen MR) is 95.3 cm³/mol. The molecule has 0 spiro atoms. The first-order valence-electron chi connectivity index (χ1n) is 7.05. The van der Waals surface area contributed by atoms with E-state index in [1.54, 1.807) is 41.1 Å². The van der Waals surface area contributed by atoms with Gasteiger partial charge in [-0.1, -0.05) is 47.1 Å². The summed E-state index contributed by atoms with van der Waals surface area (Å²) in [5, 5.41) is 13.0. The van der Waals surface area contributed by atoms with Gasteiger partial charge in [-0.3, -0.25) is 4.79 Å². The number of thioether (sulfide) groups is 1. The third-order valence-corrected chi connectivity index (χ3v) is 4.79. The number of hydrogen-bond acceptors (Lipinski definition) is 5. The van der Waals surface area contributed by atoms with Crippen LogP contribution in [0.1, 0.15) is 17.3 Å². The molecule has 1 unspecified atom stereocenters. The highest BCUT2D eigenvalue weighted by Crippen LogP contribution is 2.26. The van der Waals surface area contributed by atoms with Crippen LogP contribution in [0, 0.1) is 0 Å². The topological polar surface area (TPSA) is 60.7 Å². The average molecular weight is 379 g/mol. The van der Waals surface area contributed by atoms with Crippen molar-refractivity contribution in [3.05, 3.63) is 64.1 Å². The Balaban J connectivity index is 1.80. The third-order valence-electron chi connectivity index (χ3n) is 3.27. The highest BCUT2D eigenvalue weighted by molar-refractivity contribution is 8.00. The maximum atomic E-state index is 12.5. The third kappa shape index (κ3) is 3.77. The van der Waals surface area contributed by atoms with Gasteiger partial charge in [-0.25, -0.2) is 0 Å². The van der Waals surface area contributed by atoms with Crippen molar-refractivity contribution < 1.29 is 4.79 Å². The number of carbonyl (C=O) groups excluding carboxylic acids is 1. The molecule has 0 N–H and O–H groups in total. The quantitative estimate of drug-likeness (QED) is 0.488. The first-order valence-corrected chi connectivity index (χ1v) is 8.69. The van der Waals surface area contributed by atoms with Gasteiger partial charge in [0, 0.05) is 15.6 Å². The second kappa shape index (κ2) is 7.34. The van der Waals surface area contributed by atoms with Crippen LogP contribution in [-0.4, -0.2) is 31.2 Å². The number of tetrazole rings is 1. The van der Waals surface area contributed by atoms with E-state index < -0.39 is 0 Å². The fourth-order valence-electron chi connectivity index (χ4n) is 2.08. The Morgan fingerprint density at radius 2 is 1.88 bits per heavy atom. The fraction of sp³-hybridized carbons (Fsp3) is 0.125. The standard InChI is InChI=1S/C16H12Cl2N4OS/c1-10(15(23)11-3-2-4-13(18)9-11)24-16-19-20-21-22(16)14-7-5-12(17)6-8-14/h2-10H,1H3. The van der Waals surface area contributed by atoms with Crippen molar-refractivity contribution in [2.45, 2.75) is 17.3 Å². The molecule has 0 aliphatic rings. The Hall–Kier alpha value is -1.89. The Morgan fingerprint density at radius 3 is 2.58 bits per heavy atom. The zero-order valence-corrected chi connectivity index (χ0v) is 14.9. The van der Waals surface area contributed by atoms with E-state index in [1.807, 2.05) is 19.1 Å². The maximum Gasteiger partial charge on any atom is 0.214 e. The van der Waals surface area contributed by atoms with Crippen LogP contribution in [0.15, 0.2) is 53.7 Å². The van der Waals surface area contributed by atoms with Crippen LogP contribution < -0.4 is 0 Å². The lowest BCUT2D eigenvalue weighted by Crippen LogP contribution is -2.14. The number of aromatic nitrogens is 4. The molecule has 0 bridgehead atoms. The monoisotopic (exact) mass is 378 g/mol. The van der Waals surface area contributed by atoms with Gasteiger partial charge in [-0.05, 0) is 53.7 Å². The molecule has 1 atom stereocenters. The number of nitrogens with zero attached hydrogens (tertiary/aromatic N) is 4. The van der Waals surface area contributed by atoms with Crippen molar-refractivity contribution in [3.63, 3.8) is 0 Å². The highest BCUT2D eigenvalue weighted by Gasteiger charge is 2.20. The minimum Gasteiger partial charge on any atom is -0.293 e. The molecule has 5 nitrogen and oxygen atoms in total. The van der Waals surface area contributed by atoms with E-state index in [-0.39, 0.29) is 11.0 Å². The van der Waals surface area contributed by atoms with Gasteiger partial charge in [0.2, 0.25) is 5.16 Å². The van der Waals surface area contributed by atoms with Crippen molar-refractivity contribution in [2.75, 3.05) is 0 Å². The number of hydrogen-bond donors (Lipinski definition) is 0. The van der Waals surface area contributed by atoms with Crippen molar-refractivity contribution in [3.8, 4) is 5.69 Å². The van der Waals surface area contributed by atoms with Crippen molar-refractivity contribution in [1.82, 2.24) is 20.2 Å².